The van der Waals surface area contributed by atoms with Gasteiger partial charge in [0.2, 0.25) is 0 Å². The number of benzene rings is 2. The third kappa shape index (κ3) is 12.3. The number of anilines is 1. The third-order valence-corrected chi connectivity index (χ3v) is 6.84. The molecule has 0 bridgehead atoms. The molecule has 0 amide bonds. The Kier molecular flexibility index (Phi) is 17.6. The van der Waals surface area contributed by atoms with Crippen molar-refractivity contribution in [1.29, 1.82) is 0 Å². The van der Waals surface area contributed by atoms with Gasteiger partial charge in [-0.25, -0.2) is 0 Å². The van der Waals surface area contributed by atoms with Crippen LogP contribution in [0, 0.1) is 20.2 Å². The molecule has 4 aromatic rings. The number of aromatic nitrogens is 2. The van der Waals surface area contributed by atoms with Crippen LogP contribution >= 0.6 is 15.9 Å². The molecule has 0 spiro atoms. The van der Waals surface area contributed by atoms with E-state index in [0.717, 1.165) is 41.5 Å². The van der Waals surface area contributed by atoms with Crippen LogP contribution in [0.5, 0.6) is 11.5 Å². The van der Waals surface area contributed by atoms with Crippen LogP contribution < -0.4 is 43.9 Å². The fourth-order valence-electron chi connectivity index (χ4n) is 4.18. The first-order chi connectivity index (χ1) is 21.4. The molecule has 4 heterocycles. The summed E-state index contributed by atoms with van der Waals surface area (Å²) in [5.74, 6) is 1.23. The van der Waals surface area contributed by atoms with E-state index < -0.39 is 17.0 Å². The van der Waals surface area contributed by atoms with Crippen LogP contribution in [-0.4, -0.2) is 52.2 Å². The number of halogens is 2. The van der Waals surface area contributed by atoms with Gasteiger partial charge in [0.1, 0.15) is 18.1 Å². The van der Waals surface area contributed by atoms with Gasteiger partial charge < -0.3 is 19.8 Å². The van der Waals surface area contributed by atoms with Gasteiger partial charge in [-0.2, -0.15) is 0 Å². The summed E-state index contributed by atoms with van der Waals surface area (Å²) in [6, 6.07) is 17.4. The maximum atomic E-state index is 10.8. The van der Waals surface area contributed by atoms with E-state index in [-0.39, 0.29) is 46.4 Å². The van der Waals surface area contributed by atoms with Gasteiger partial charge in [-0.15, -0.1) is 0 Å². The molecule has 0 radical (unpaired) electrons. The van der Waals surface area contributed by atoms with E-state index in [0.29, 0.717) is 31.3 Å². The molecule has 2 aliphatic rings. The van der Waals surface area contributed by atoms with Crippen LogP contribution in [0.15, 0.2) is 85.5 Å². The van der Waals surface area contributed by atoms with E-state index in [1.807, 2.05) is 36.7 Å². The Hall–Kier alpha value is -3.69. The van der Waals surface area contributed by atoms with E-state index in [2.05, 4.69) is 30.8 Å². The first kappa shape index (κ1) is 37.5. The fourth-order valence-corrected chi connectivity index (χ4v) is 4.51. The van der Waals surface area contributed by atoms with Crippen molar-refractivity contribution in [2.75, 3.05) is 31.8 Å². The summed E-state index contributed by atoms with van der Waals surface area (Å²) in [5, 5.41) is 22.1. The molecule has 0 saturated carbocycles. The summed E-state index contributed by atoms with van der Waals surface area (Å²) in [7, 11) is -1.00. The summed E-state index contributed by atoms with van der Waals surface area (Å²) in [6.07, 6.45) is 9.11. The van der Waals surface area contributed by atoms with Crippen molar-refractivity contribution in [3.8, 4) is 11.5 Å². The smallest absolute Gasteiger partial charge is 0.870 e. The number of ether oxygens (including phenoxy) is 2. The number of fused-ring (bicyclic) bond motifs is 2. The number of pyridine rings is 2. The summed E-state index contributed by atoms with van der Waals surface area (Å²) in [6.45, 7) is 2.64. The normalized spacial score (nSPS) is 12.2. The predicted octanol–water partition coefficient (Wildman–Crippen LogP) is 3.70. The molecule has 45 heavy (non-hydrogen) atoms. The first-order valence-electron chi connectivity index (χ1n) is 13.8. The first-order valence-corrected chi connectivity index (χ1v) is 14.2. The quantitative estimate of drug-likeness (QED) is 0.130. The van der Waals surface area contributed by atoms with Crippen LogP contribution in [0.3, 0.4) is 0 Å². The van der Waals surface area contributed by atoms with Gasteiger partial charge in [0.05, 0.1) is 49.3 Å². The van der Waals surface area contributed by atoms with Crippen molar-refractivity contribution < 1.29 is 60.1 Å². The van der Waals surface area contributed by atoms with E-state index in [9.17, 15) is 24.6 Å². The Morgan fingerprint density at radius 2 is 1.51 bits per heavy atom. The third-order valence-electron chi connectivity index (χ3n) is 6.20. The molecule has 0 saturated heterocycles. The number of rotatable bonds is 5. The number of aryl methyl sites for hydroxylation is 1. The Morgan fingerprint density at radius 1 is 0.933 bits per heavy atom. The van der Waals surface area contributed by atoms with Crippen LogP contribution in [0.2, 0.25) is 0 Å². The van der Waals surface area contributed by atoms with Gasteiger partial charge in [0.15, 0.2) is 0 Å². The Morgan fingerprint density at radius 3 is 2.07 bits per heavy atom. The number of hydrogen-bond donors (Lipinski definition) is 0. The molecule has 15 heteroatoms. The Bertz CT molecular complexity index is 1500. The average molecular weight is 698 g/mol. The second kappa shape index (κ2) is 21.1. The number of hydrogen-bond acceptors (Lipinski definition) is 10. The van der Waals surface area contributed by atoms with Crippen LogP contribution in [-0.2, 0) is 18.3 Å². The molecular weight excluding hydrogens is 664 g/mol. The zero-order valence-corrected chi connectivity index (χ0v) is 28.2. The van der Waals surface area contributed by atoms with Gasteiger partial charge in [0, 0.05) is 48.8 Å². The molecule has 2 aromatic carbocycles. The fraction of sp³-hybridized carbons (Fsp3) is 0.267. The van der Waals surface area contributed by atoms with Gasteiger partial charge in [-0.3, -0.25) is 34.6 Å². The molecule has 0 aliphatic carbocycles. The largest absolute Gasteiger partial charge is 1.00 e. The van der Waals surface area contributed by atoms with Crippen LogP contribution in [0.1, 0.15) is 24.5 Å². The summed E-state index contributed by atoms with van der Waals surface area (Å²) < 4.78 is 26.3. The standard InChI is InChI=1S/C14H13N3O3.C9H9NO3.C6H6BrN.CH3F.Na.H2O/c18-17(19)12-3-4-13-14(8-12)20-7-6-16(13)10-11-2-1-5-15-9-11;11-10(12)8-4-3-7-2-1-5-13-9(7)6-8;7-4-6-2-1-3-8-5-6;1-2;;/h1-5,8-9H,6-7,10H2;3-4,6H,1-2,5H2;1-3,5H,4H2;1H3;;1H2/q;;;;+1;/p-1/i;;;1D;;. The molecule has 0 unspecified atom stereocenters. The van der Waals surface area contributed by atoms with E-state index >= 15 is 0 Å². The number of alkyl halides is 2. The molecular formula is C30H32BrFN5NaO7. The molecule has 0 atom stereocenters. The van der Waals surface area contributed by atoms with Crippen molar-refractivity contribution in [3.05, 3.63) is 122 Å². The van der Waals surface area contributed by atoms with Gasteiger partial charge >= 0.3 is 29.6 Å². The minimum atomic E-state index is -1.00. The molecule has 2 aliphatic heterocycles. The van der Waals surface area contributed by atoms with Gasteiger partial charge in [-0.05, 0) is 53.8 Å². The van der Waals surface area contributed by atoms with Crippen molar-refractivity contribution >= 4 is 33.0 Å². The minimum absolute atomic E-state index is 0. The molecule has 2 aromatic heterocycles. The SMILES string of the molecule is BrCc1cccnc1.O=[N+]([O-])c1ccc2c(c1)OCCC2.O=[N+]([O-])c1ccc2c(c1)OCCN2Cc1cccnc1.[2H]CF.[Na+].[OH-]. The number of non-ortho nitro benzene ring substituents is 2. The summed E-state index contributed by atoms with van der Waals surface area (Å²) >= 11 is 3.32. The van der Waals surface area contributed by atoms with E-state index in [4.69, 9.17) is 10.8 Å². The summed E-state index contributed by atoms with van der Waals surface area (Å²) in [4.78, 5) is 30.6. The monoisotopic (exact) mass is 696 g/mol. The zero-order valence-electron chi connectivity index (χ0n) is 25.6. The number of nitrogens with zero attached hydrogens (tertiary/aromatic N) is 5. The molecule has 12 nitrogen and oxygen atoms in total. The van der Waals surface area contributed by atoms with Gasteiger partial charge in [-0.1, -0.05) is 28.1 Å². The molecule has 6 rings (SSSR count). The van der Waals surface area contributed by atoms with E-state index in [1.165, 1.54) is 29.8 Å². The van der Waals surface area contributed by atoms with Crippen molar-refractivity contribution in [3.63, 3.8) is 0 Å². The molecule has 0 fully saturated rings. The van der Waals surface area contributed by atoms with Crippen molar-refractivity contribution in [1.82, 2.24) is 9.97 Å². The van der Waals surface area contributed by atoms with Gasteiger partial charge in [0.25, 0.3) is 11.4 Å². The van der Waals surface area contributed by atoms with Crippen molar-refractivity contribution in [2.45, 2.75) is 24.7 Å². The van der Waals surface area contributed by atoms with Crippen LogP contribution in [0.25, 0.3) is 0 Å². The number of nitro groups is 2. The molecule has 1 N–H and O–H groups in total. The van der Waals surface area contributed by atoms with Crippen molar-refractivity contribution in [2.24, 2.45) is 0 Å². The second-order valence-electron chi connectivity index (χ2n) is 9.04. The summed E-state index contributed by atoms with van der Waals surface area (Å²) in [5.41, 5.74) is 4.40. The topological polar surface area (TPSA) is 164 Å². The Labute approximate surface area is 292 Å². The molecule has 234 valence electrons. The number of nitro benzene ring substituents is 2. The average Bonchev–Trinajstić information content (AvgIpc) is 3.06. The zero-order chi connectivity index (χ0) is 31.7. The Balaban J connectivity index is 0.000000351. The predicted molar refractivity (Wildman–Crippen MR) is 167 cm³/mol. The van der Waals surface area contributed by atoms with Crippen LogP contribution in [0.4, 0.5) is 21.5 Å². The van der Waals surface area contributed by atoms with E-state index in [1.54, 1.807) is 24.5 Å². The second-order valence-corrected chi connectivity index (χ2v) is 9.60. The maximum Gasteiger partial charge on any atom is 1.00 e. The maximum absolute atomic E-state index is 10.8. The minimum Gasteiger partial charge on any atom is -0.870 e.